The number of carboxylic acids is 1. The molecule has 1 heterocycles. The zero-order valence-corrected chi connectivity index (χ0v) is 12.8. The van der Waals surface area contributed by atoms with Crippen molar-refractivity contribution in [2.75, 3.05) is 6.54 Å². The van der Waals surface area contributed by atoms with Crippen LogP contribution in [0, 0.1) is 0 Å². The Hall–Kier alpha value is -1.63. The number of nitrogens with one attached hydrogen (secondary N) is 1. The van der Waals surface area contributed by atoms with Crippen molar-refractivity contribution in [2.24, 2.45) is 0 Å². The van der Waals surface area contributed by atoms with Gasteiger partial charge in [-0.15, -0.1) is 11.3 Å². The quantitative estimate of drug-likeness (QED) is 0.784. The summed E-state index contributed by atoms with van der Waals surface area (Å²) >= 11 is 7.46. The Balaban J connectivity index is 2.05. The standard InChI is InChI=1S/C14H14ClNO4S/c1-14(20,13(18)19)7-16-12(17)4-8-6-21-11-3-2-9(15)5-10(8)11/h2-3,5-6,20H,4,7H2,1H3,(H,16,17)(H,18,19). The zero-order chi connectivity index (χ0) is 15.6. The van der Waals surface area contributed by atoms with Gasteiger partial charge in [0.15, 0.2) is 5.60 Å². The predicted octanol–water partition coefficient (Wildman–Crippen LogP) is 2.05. The molecule has 0 aliphatic carbocycles. The number of rotatable bonds is 5. The molecular weight excluding hydrogens is 314 g/mol. The first-order valence-electron chi connectivity index (χ1n) is 6.18. The smallest absolute Gasteiger partial charge is 0.337 e. The molecule has 0 fully saturated rings. The van der Waals surface area contributed by atoms with Crippen molar-refractivity contribution in [3.63, 3.8) is 0 Å². The summed E-state index contributed by atoms with van der Waals surface area (Å²) in [6.07, 6.45) is 0.107. The fourth-order valence-corrected chi connectivity index (χ4v) is 2.89. The lowest BCUT2D eigenvalue weighted by atomic mass is 10.1. The maximum Gasteiger partial charge on any atom is 0.337 e. The normalized spacial score (nSPS) is 13.9. The van der Waals surface area contributed by atoms with Crippen LogP contribution in [-0.2, 0) is 16.0 Å². The van der Waals surface area contributed by atoms with Gasteiger partial charge in [0.2, 0.25) is 5.91 Å². The number of carbonyl (C=O) groups excluding carboxylic acids is 1. The van der Waals surface area contributed by atoms with Gasteiger partial charge >= 0.3 is 5.97 Å². The van der Waals surface area contributed by atoms with Gasteiger partial charge in [-0.05, 0) is 41.5 Å². The number of hydrogen-bond donors (Lipinski definition) is 3. The minimum Gasteiger partial charge on any atom is -0.479 e. The molecule has 0 aliphatic heterocycles. The fourth-order valence-electron chi connectivity index (χ4n) is 1.77. The number of hydrogen-bond acceptors (Lipinski definition) is 4. The summed E-state index contributed by atoms with van der Waals surface area (Å²) in [5, 5.41) is 24.1. The van der Waals surface area contributed by atoms with Gasteiger partial charge < -0.3 is 15.5 Å². The Morgan fingerprint density at radius 1 is 1.43 bits per heavy atom. The monoisotopic (exact) mass is 327 g/mol. The van der Waals surface area contributed by atoms with E-state index in [0.29, 0.717) is 5.02 Å². The molecule has 0 saturated carbocycles. The van der Waals surface area contributed by atoms with E-state index >= 15 is 0 Å². The summed E-state index contributed by atoms with van der Waals surface area (Å²) in [7, 11) is 0. The van der Waals surface area contributed by atoms with E-state index in [-0.39, 0.29) is 18.9 Å². The molecular formula is C14H14ClNO4S. The van der Waals surface area contributed by atoms with Crippen molar-refractivity contribution in [3.05, 3.63) is 34.2 Å². The van der Waals surface area contributed by atoms with Crippen LogP contribution >= 0.6 is 22.9 Å². The van der Waals surface area contributed by atoms with Crippen molar-refractivity contribution < 1.29 is 19.8 Å². The van der Waals surface area contributed by atoms with Gasteiger partial charge in [-0.2, -0.15) is 0 Å². The molecule has 0 aliphatic rings. The summed E-state index contributed by atoms with van der Waals surface area (Å²) in [6, 6.07) is 5.47. The third kappa shape index (κ3) is 3.72. The van der Waals surface area contributed by atoms with E-state index in [1.54, 1.807) is 12.1 Å². The Morgan fingerprint density at radius 3 is 2.81 bits per heavy atom. The molecule has 112 valence electrons. The van der Waals surface area contributed by atoms with Crippen LogP contribution in [0.1, 0.15) is 12.5 Å². The average Bonchev–Trinajstić information content (AvgIpc) is 2.79. The third-order valence-corrected chi connectivity index (χ3v) is 4.30. The second-order valence-corrected chi connectivity index (χ2v) is 6.28. The molecule has 1 aromatic heterocycles. The lowest BCUT2D eigenvalue weighted by Crippen LogP contribution is -2.46. The van der Waals surface area contributed by atoms with E-state index in [4.69, 9.17) is 16.7 Å². The van der Waals surface area contributed by atoms with Gasteiger partial charge in [-0.25, -0.2) is 4.79 Å². The highest BCUT2D eigenvalue weighted by Crippen LogP contribution is 2.28. The summed E-state index contributed by atoms with van der Waals surface area (Å²) in [5.41, 5.74) is -1.15. The summed E-state index contributed by atoms with van der Waals surface area (Å²) < 4.78 is 1.03. The van der Waals surface area contributed by atoms with Crippen molar-refractivity contribution in [1.82, 2.24) is 5.32 Å². The topological polar surface area (TPSA) is 86.6 Å². The number of aliphatic carboxylic acids is 1. The molecule has 1 unspecified atom stereocenters. The number of carboxylic acid groups (broad SMARTS) is 1. The molecule has 2 aromatic rings. The number of halogens is 1. The molecule has 1 amide bonds. The molecule has 0 spiro atoms. The maximum atomic E-state index is 11.9. The Labute approximate surface area is 130 Å². The van der Waals surface area contributed by atoms with E-state index in [2.05, 4.69) is 5.32 Å². The van der Waals surface area contributed by atoms with E-state index in [1.165, 1.54) is 11.3 Å². The first-order valence-corrected chi connectivity index (χ1v) is 7.43. The number of benzene rings is 1. The Morgan fingerprint density at radius 2 is 2.14 bits per heavy atom. The number of fused-ring (bicyclic) bond motifs is 1. The van der Waals surface area contributed by atoms with Crippen LogP contribution in [0.5, 0.6) is 0 Å². The molecule has 21 heavy (non-hydrogen) atoms. The van der Waals surface area contributed by atoms with Crippen molar-refractivity contribution in [2.45, 2.75) is 18.9 Å². The lowest BCUT2D eigenvalue weighted by molar-refractivity contribution is -0.156. The second-order valence-electron chi connectivity index (χ2n) is 4.93. The molecule has 5 nitrogen and oxygen atoms in total. The minimum absolute atomic E-state index is 0.107. The highest BCUT2D eigenvalue weighted by atomic mass is 35.5. The van der Waals surface area contributed by atoms with Gasteiger partial charge in [-0.3, -0.25) is 4.79 Å². The maximum absolute atomic E-state index is 11.9. The van der Waals surface area contributed by atoms with Gasteiger partial charge in [0.05, 0.1) is 13.0 Å². The van der Waals surface area contributed by atoms with Gasteiger partial charge in [0, 0.05) is 9.72 Å². The highest BCUT2D eigenvalue weighted by Gasteiger charge is 2.30. The van der Waals surface area contributed by atoms with Crippen LogP contribution in [0.15, 0.2) is 23.6 Å². The molecule has 7 heteroatoms. The number of amides is 1. The fraction of sp³-hybridized carbons (Fsp3) is 0.286. The number of thiophene rings is 1. The van der Waals surface area contributed by atoms with E-state index in [9.17, 15) is 14.7 Å². The van der Waals surface area contributed by atoms with Gasteiger partial charge in [0.25, 0.3) is 0 Å². The van der Waals surface area contributed by atoms with Gasteiger partial charge in [0.1, 0.15) is 0 Å². The molecule has 0 radical (unpaired) electrons. The Kier molecular flexibility index (Phi) is 4.51. The summed E-state index contributed by atoms with van der Waals surface area (Å²) in [6.45, 7) is 0.791. The molecule has 2 rings (SSSR count). The summed E-state index contributed by atoms with van der Waals surface area (Å²) in [4.78, 5) is 22.6. The highest BCUT2D eigenvalue weighted by molar-refractivity contribution is 7.17. The van der Waals surface area contributed by atoms with E-state index < -0.39 is 11.6 Å². The largest absolute Gasteiger partial charge is 0.479 e. The van der Waals surface area contributed by atoms with Crippen molar-refractivity contribution in [3.8, 4) is 0 Å². The summed E-state index contributed by atoms with van der Waals surface area (Å²) in [5.74, 6) is -1.73. The van der Waals surface area contributed by atoms with Crippen LogP contribution in [0.25, 0.3) is 10.1 Å². The van der Waals surface area contributed by atoms with Crippen LogP contribution in [0.3, 0.4) is 0 Å². The number of carbonyl (C=O) groups is 2. The second kappa shape index (κ2) is 6.01. The zero-order valence-electron chi connectivity index (χ0n) is 11.2. The van der Waals surface area contributed by atoms with Crippen LogP contribution < -0.4 is 5.32 Å². The third-order valence-electron chi connectivity index (χ3n) is 3.06. The molecule has 1 atom stereocenters. The first kappa shape index (κ1) is 15.8. The minimum atomic E-state index is -1.98. The van der Waals surface area contributed by atoms with Crippen LogP contribution in [0.4, 0.5) is 0 Å². The molecule has 0 saturated heterocycles. The van der Waals surface area contributed by atoms with Crippen molar-refractivity contribution in [1.29, 1.82) is 0 Å². The van der Waals surface area contributed by atoms with E-state index in [1.807, 2.05) is 11.4 Å². The average molecular weight is 328 g/mol. The molecule has 0 bridgehead atoms. The molecule has 1 aromatic carbocycles. The SMILES string of the molecule is CC(O)(CNC(=O)Cc1csc2ccc(Cl)cc12)C(=O)O. The van der Waals surface area contributed by atoms with Crippen LogP contribution in [0.2, 0.25) is 5.02 Å². The van der Waals surface area contributed by atoms with Crippen molar-refractivity contribution >= 4 is 44.9 Å². The van der Waals surface area contributed by atoms with E-state index in [0.717, 1.165) is 22.6 Å². The molecule has 3 N–H and O–H groups in total. The Bertz CT molecular complexity index is 695. The predicted molar refractivity (Wildman–Crippen MR) is 81.8 cm³/mol. The van der Waals surface area contributed by atoms with Crippen LogP contribution in [-0.4, -0.2) is 34.2 Å². The first-order chi connectivity index (χ1) is 9.79. The number of aliphatic hydroxyl groups is 1. The van der Waals surface area contributed by atoms with Gasteiger partial charge in [-0.1, -0.05) is 11.6 Å². The lowest BCUT2D eigenvalue weighted by Gasteiger charge is -2.18.